The Morgan fingerprint density at radius 1 is 1.38 bits per heavy atom. The van der Waals surface area contributed by atoms with Gasteiger partial charge in [0.25, 0.3) is 0 Å². The van der Waals surface area contributed by atoms with Gasteiger partial charge in [0.2, 0.25) is 5.82 Å². The highest BCUT2D eigenvalue weighted by atomic mass is 32.1. The second-order valence-electron chi connectivity index (χ2n) is 6.25. The van der Waals surface area contributed by atoms with E-state index in [0.717, 1.165) is 17.7 Å². The summed E-state index contributed by atoms with van der Waals surface area (Å²) < 4.78 is 41.8. The summed E-state index contributed by atoms with van der Waals surface area (Å²) in [5, 5.41) is 13.7. The van der Waals surface area contributed by atoms with Gasteiger partial charge in [0.1, 0.15) is 6.23 Å². The standard InChI is InChI=1S/C15H18F3N3O2S/c1-8(2)13(22)21(9-3-4-9)7-10-5-6-11(24-10)12-19-14(23-20-12)15(16,17)18/h5-6,8-9,13,22H,3-4,7H2,1-2H3. The van der Waals surface area contributed by atoms with E-state index < -0.39 is 18.3 Å². The molecule has 1 atom stereocenters. The summed E-state index contributed by atoms with van der Waals surface area (Å²) in [6.07, 6.45) is -3.07. The Hall–Kier alpha value is -1.45. The second kappa shape index (κ2) is 6.45. The Balaban J connectivity index is 1.74. The van der Waals surface area contributed by atoms with Crippen molar-refractivity contribution in [3.63, 3.8) is 0 Å². The zero-order chi connectivity index (χ0) is 17.5. The van der Waals surface area contributed by atoms with Crippen LogP contribution in [0, 0.1) is 5.92 Å². The Morgan fingerprint density at radius 3 is 2.62 bits per heavy atom. The fourth-order valence-electron chi connectivity index (χ4n) is 2.43. The number of hydrogen-bond donors (Lipinski definition) is 1. The van der Waals surface area contributed by atoms with Crippen LogP contribution in [-0.4, -0.2) is 32.4 Å². The molecular weight excluding hydrogens is 343 g/mol. The molecule has 1 N–H and O–H groups in total. The minimum Gasteiger partial charge on any atom is -0.378 e. The SMILES string of the molecule is CC(C)C(O)N(Cc1ccc(-c2noc(C(F)(F)F)n2)s1)C1CC1. The molecular formula is C15H18F3N3O2S. The van der Waals surface area contributed by atoms with Gasteiger partial charge in [0, 0.05) is 17.5 Å². The van der Waals surface area contributed by atoms with Gasteiger partial charge in [-0.1, -0.05) is 19.0 Å². The number of nitrogens with zero attached hydrogens (tertiary/aromatic N) is 3. The van der Waals surface area contributed by atoms with Crippen molar-refractivity contribution >= 4 is 11.3 Å². The molecule has 2 heterocycles. The van der Waals surface area contributed by atoms with Crippen LogP contribution in [0.1, 0.15) is 37.5 Å². The molecule has 0 radical (unpaired) electrons. The third-order valence-electron chi connectivity index (χ3n) is 3.84. The van der Waals surface area contributed by atoms with Crippen LogP contribution in [0.2, 0.25) is 0 Å². The minimum atomic E-state index is -4.64. The van der Waals surface area contributed by atoms with Crippen LogP contribution in [0.3, 0.4) is 0 Å². The van der Waals surface area contributed by atoms with E-state index in [4.69, 9.17) is 0 Å². The van der Waals surface area contributed by atoms with Gasteiger partial charge in [-0.25, -0.2) is 0 Å². The normalized spacial score (nSPS) is 17.0. The van der Waals surface area contributed by atoms with Gasteiger partial charge in [0.05, 0.1) is 4.88 Å². The highest BCUT2D eigenvalue weighted by Gasteiger charge is 2.39. The monoisotopic (exact) mass is 361 g/mol. The molecule has 1 aliphatic carbocycles. The summed E-state index contributed by atoms with van der Waals surface area (Å²) in [5.74, 6) is -1.31. The zero-order valence-corrected chi connectivity index (χ0v) is 14.1. The van der Waals surface area contributed by atoms with E-state index in [1.54, 1.807) is 6.07 Å². The molecule has 0 aliphatic heterocycles. The fourth-order valence-corrected chi connectivity index (χ4v) is 3.37. The average Bonchev–Trinajstić information content (AvgIpc) is 3.02. The summed E-state index contributed by atoms with van der Waals surface area (Å²) in [6, 6.07) is 3.87. The number of aliphatic hydroxyl groups excluding tert-OH is 1. The number of hydrogen-bond acceptors (Lipinski definition) is 6. The third-order valence-corrected chi connectivity index (χ3v) is 4.91. The minimum absolute atomic E-state index is 0.0686. The van der Waals surface area contributed by atoms with Gasteiger partial charge in [-0.15, -0.1) is 11.3 Å². The number of thiophene rings is 1. The van der Waals surface area contributed by atoms with Crippen LogP contribution in [0.15, 0.2) is 16.7 Å². The lowest BCUT2D eigenvalue weighted by Crippen LogP contribution is -2.39. The number of aliphatic hydroxyl groups is 1. The summed E-state index contributed by atoms with van der Waals surface area (Å²) >= 11 is 1.31. The molecule has 0 saturated heterocycles. The first-order valence-corrected chi connectivity index (χ1v) is 8.51. The Bertz CT molecular complexity index is 694. The predicted molar refractivity (Wildman–Crippen MR) is 82.0 cm³/mol. The largest absolute Gasteiger partial charge is 0.471 e. The molecule has 0 aromatic carbocycles. The van der Waals surface area contributed by atoms with Crippen molar-refractivity contribution < 1.29 is 22.8 Å². The zero-order valence-electron chi connectivity index (χ0n) is 13.2. The molecule has 2 aromatic rings. The van der Waals surface area contributed by atoms with Crippen molar-refractivity contribution in [1.29, 1.82) is 0 Å². The molecule has 1 saturated carbocycles. The lowest BCUT2D eigenvalue weighted by atomic mass is 10.1. The van der Waals surface area contributed by atoms with E-state index in [1.807, 2.05) is 24.8 Å². The molecule has 1 aliphatic rings. The number of halogens is 3. The van der Waals surface area contributed by atoms with E-state index in [9.17, 15) is 18.3 Å². The van der Waals surface area contributed by atoms with Crippen LogP contribution in [0.4, 0.5) is 13.2 Å². The van der Waals surface area contributed by atoms with Crippen molar-refractivity contribution in [2.24, 2.45) is 5.92 Å². The highest BCUT2D eigenvalue weighted by molar-refractivity contribution is 7.15. The molecule has 9 heteroatoms. The van der Waals surface area contributed by atoms with Crippen molar-refractivity contribution in [1.82, 2.24) is 15.0 Å². The molecule has 0 amide bonds. The molecule has 0 spiro atoms. The smallest absolute Gasteiger partial charge is 0.378 e. The summed E-state index contributed by atoms with van der Waals surface area (Å²) in [7, 11) is 0. The van der Waals surface area contributed by atoms with Crippen LogP contribution in [0.5, 0.6) is 0 Å². The van der Waals surface area contributed by atoms with Crippen molar-refractivity contribution in [3.8, 4) is 10.7 Å². The first-order chi connectivity index (χ1) is 11.3. The molecule has 5 nitrogen and oxygen atoms in total. The average molecular weight is 361 g/mol. The Labute approximate surface area is 141 Å². The van der Waals surface area contributed by atoms with E-state index in [-0.39, 0.29) is 11.7 Å². The van der Waals surface area contributed by atoms with Gasteiger partial charge in [0.15, 0.2) is 0 Å². The molecule has 0 bridgehead atoms. The van der Waals surface area contributed by atoms with Crippen molar-refractivity contribution in [3.05, 3.63) is 22.9 Å². The van der Waals surface area contributed by atoms with Gasteiger partial charge >= 0.3 is 12.1 Å². The maximum absolute atomic E-state index is 12.5. The number of rotatable bonds is 6. The van der Waals surface area contributed by atoms with E-state index in [2.05, 4.69) is 14.7 Å². The molecule has 132 valence electrons. The fraction of sp³-hybridized carbons (Fsp3) is 0.600. The topological polar surface area (TPSA) is 62.4 Å². The molecule has 1 unspecified atom stereocenters. The van der Waals surface area contributed by atoms with Crippen LogP contribution >= 0.6 is 11.3 Å². The second-order valence-corrected chi connectivity index (χ2v) is 7.42. The third kappa shape index (κ3) is 3.79. The van der Waals surface area contributed by atoms with Gasteiger partial charge in [-0.3, -0.25) is 4.90 Å². The number of alkyl halides is 3. The quantitative estimate of drug-likeness (QED) is 0.794. The Morgan fingerprint density at radius 2 is 2.08 bits per heavy atom. The van der Waals surface area contributed by atoms with Crippen LogP contribution in [-0.2, 0) is 12.7 Å². The first kappa shape index (κ1) is 17.4. The van der Waals surface area contributed by atoms with Gasteiger partial charge in [-0.2, -0.15) is 18.2 Å². The lowest BCUT2D eigenvalue weighted by Gasteiger charge is -2.30. The number of aromatic nitrogens is 2. The van der Waals surface area contributed by atoms with E-state index >= 15 is 0 Å². The summed E-state index contributed by atoms with van der Waals surface area (Å²) in [5.41, 5.74) is 0. The molecule has 24 heavy (non-hydrogen) atoms. The van der Waals surface area contributed by atoms with Crippen LogP contribution < -0.4 is 0 Å². The van der Waals surface area contributed by atoms with Gasteiger partial charge < -0.3 is 9.63 Å². The van der Waals surface area contributed by atoms with E-state index in [1.165, 1.54) is 11.3 Å². The predicted octanol–water partition coefficient (Wildman–Crippen LogP) is 3.76. The van der Waals surface area contributed by atoms with E-state index in [0.29, 0.717) is 17.5 Å². The van der Waals surface area contributed by atoms with Crippen LogP contribution in [0.25, 0.3) is 10.7 Å². The summed E-state index contributed by atoms with van der Waals surface area (Å²) in [6.45, 7) is 4.47. The van der Waals surface area contributed by atoms with Gasteiger partial charge in [-0.05, 0) is 30.9 Å². The molecule has 2 aromatic heterocycles. The molecule has 1 fully saturated rings. The highest BCUT2D eigenvalue weighted by Crippen LogP contribution is 2.35. The molecule has 3 rings (SSSR count). The summed E-state index contributed by atoms with van der Waals surface area (Å²) in [4.78, 5) is 6.89. The lowest BCUT2D eigenvalue weighted by molar-refractivity contribution is -0.159. The first-order valence-electron chi connectivity index (χ1n) is 7.69. The Kier molecular flexibility index (Phi) is 4.67. The van der Waals surface area contributed by atoms with Crippen molar-refractivity contribution in [2.45, 2.75) is 51.7 Å². The maximum atomic E-state index is 12.5. The van der Waals surface area contributed by atoms with Crippen molar-refractivity contribution in [2.75, 3.05) is 0 Å². The maximum Gasteiger partial charge on any atom is 0.471 e.